The fraction of sp³-hybridized carbons (Fsp3) is 0.0909. The number of hydrazone groups is 1. The number of benzene rings is 2. The van der Waals surface area contributed by atoms with E-state index in [-0.39, 0.29) is 18.0 Å². The molecule has 8 nitrogen and oxygen atoms in total. The van der Waals surface area contributed by atoms with E-state index in [2.05, 4.69) is 15.8 Å². The number of rotatable bonds is 7. The number of carbonyl (C=O) groups excluding carboxylic acids is 2. The normalized spacial score (nSPS) is 10.7. The van der Waals surface area contributed by atoms with Crippen molar-refractivity contribution in [2.75, 3.05) is 6.54 Å². The van der Waals surface area contributed by atoms with Gasteiger partial charge in [-0.3, -0.25) is 9.59 Å². The summed E-state index contributed by atoms with van der Waals surface area (Å²) in [5, 5.41) is 15.6. The Morgan fingerprint density at radius 2 is 1.70 bits per heavy atom. The van der Waals surface area contributed by atoms with Crippen LogP contribution in [0, 0.1) is 6.92 Å². The van der Waals surface area contributed by atoms with Crippen LogP contribution in [-0.4, -0.2) is 35.6 Å². The van der Waals surface area contributed by atoms with Gasteiger partial charge in [0.15, 0.2) is 0 Å². The van der Waals surface area contributed by atoms with Crippen molar-refractivity contribution in [3.05, 3.63) is 83.1 Å². The van der Waals surface area contributed by atoms with Crippen LogP contribution >= 0.6 is 0 Å². The zero-order valence-electron chi connectivity index (χ0n) is 16.1. The first-order valence-electron chi connectivity index (χ1n) is 9.04. The van der Waals surface area contributed by atoms with Crippen molar-refractivity contribution >= 4 is 24.0 Å². The third-order valence-corrected chi connectivity index (χ3v) is 4.23. The van der Waals surface area contributed by atoms with Gasteiger partial charge in [-0.15, -0.1) is 0 Å². The molecule has 0 aliphatic heterocycles. The summed E-state index contributed by atoms with van der Waals surface area (Å²) in [4.78, 5) is 35.3. The average Bonchev–Trinajstić information content (AvgIpc) is 3.21. The number of nitrogens with one attached hydrogen (secondary N) is 2. The second-order valence-corrected chi connectivity index (χ2v) is 6.34. The van der Waals surface area contributed by atoms with Crippen molar-refractivity contribution in [1.29, 1.82) is 0 Å². The highest BCUT2D eigenvalue weighted by Crippen LogP contribution is 2.25. The fourth-order valence-corrected chi connectivity index (χ4v) is 2.74. The zero-order chi connectivity index (χ0) is 21.5. The van der Waals surface area contributed by atoms with E-state index in [1.54, 1.807) is 42.5 Å². The molecule has 8 heteroatoms. The molecule has 1 heterocycles. The van der Waals surface area contributed by atoms with Crippen LogP contribution in [0.15, 0.2) is 70.2 Å². The first-order chi connectivity index (χ1) is 14.5. The lowest BCUT2D eigenvalue weighted by Crippen LogP contribution is -2.35. The number of hydrogen-bond acceptors (Lipinski definition) is 5. The molecule has 1 aromatic heterocycles. The molecule has 0 bridgehead atoms. The van der Waals surface area contributed by atoms with Crippen LogP contribution in [0.4, 0.5) is 0 Å². The first kappa shape index (κ1) is 20.5. The van der Waals surface area contributed by atoms with E-state index in [1.807, 2.05) is 19.1 Å². The number of carbonyl (C=O) groups is 3. The standard InChI is InChI=1S/C22H19N3O5/c1-14-6-2-3-7-16(14)21(27)23-13-20(26)25-24-12-15-10-11-19(30-15)17-8-4-5-9-18(17)22(28)29/h2-12H,13H2,1H3,(H,23,27)(H,25,26)(H,28,29)/b24-12+. The van der Waals surface area contributed by atoms with Crippen LogP contribution in [0.25, 0.3) is 11.3 Å². The van der Waals surface area contributed by atoms with E-state index < -0.39 is 11.9 Å². The van der Waals surface area contributed by atoms with Gasteiger partial charge in [-0.2, -0.15) is 5.10 Å². The zero-order valence-corrected chi connectivity index (χ0v) is 16.1. The van der Waals surface area contributed by atoms with E-state index >= 15 is 0 Å². The molecule has 0 saturated heterocycles. The Labute approximate surface area is 172 Å². The lowest BCUT2D eigenvalue weighted by molar-refractivity contribution is -0.120. The maximum absolute atomic E-state index is 12.1. The van der Waals surface area contributed by atoms with E-state index in [9.17, 15) is 19.5 Å². The summed E-state index contributed by atoms with van der Waals surface area (Å²) in [6.07, 6.45) is 1.29. The summed E-state index contributed by atoms with van der Waals surface area (Å²) < 4.78 is 5.58. The summed E-state index contributed by atoms with van der Waals surface area (Å²) in [6, 6.07) is 16.8. The summed E-state index contributed by atoms with van der Waals surface area (Å²) in [6.45, 7) is 1.58. The molecule has 2 amide bonds. The second-order valence-electron chi connectivity index (χ2n) is 6.34. The molecule has 0 aliphatic carbocycles. The fourth-order valence-electron chi connectivity index (χ4n) is 2.74. The van der Waals surface area contributed by atoms with Crippen molar-refractivity contribution in [2.24, 2.45) is 5.10 Å². The molecule has 0 radical (unpaired) electrons. The summed E-state index contributed by atoms with van der Waals surface area (Å²) in [5.74, 6) is -1.21. The van der Waals surface area contributed by atoms with Crippen LogP contribution in [0.1, 0.15) is 32.0 Å². The van der Waals surface area contributed by atoms with E-state index in [0.29, 0.717) is 22.6 Å². The van der Waals surface area contributed by atoms with E-state index in [4.69, 9.17) is 4.42 Å². The summed E-state index contributed by atoms with van der Waals surface area (Å²) >= 11 is 0. The van der Waals surface area contributed by atoms with Gasteiger partial charge in [0.05, 0.1) is 18.3 Å². The minimum absolute atomic E-state index is 0.119. The maximum atomic E-state index is 12.1. The van der Waals surface area contributed by atoms with Crippen molar-refractivity contribution in [3.8, 4) is 11.3 Å². The lowest BCUT2D eigenvalue weighted by Gasteiger charge is -2.06. The second kappa shape index (κ2) is 9.33. The number of hydrogen-bond donors (Lipinski definition) is 3. The van der Waals surface area contributed by atoms with Gasteiger partial charge in [-0.25, -0.2) is 10.2 Å². The molecule has 3 aromatic rings. The SMILES string of the molecule is Cc1ccccc1C(=O)NCC(=O)N/N=C/c1ccc(-c2ccccc2C(=O)O)o1. The number of furan rings is 1. The van der Waals surface area contributed by atoms with Gasteiger partial charge in [0, 0.05) is 11.1 Å². The first-order valence-corrected chi connectivity index (χ1v) is 9.04. The number of amides is 2. The van der Waals surface area contributed by atoms with Gasteiger partial charge in [0.2, 0.25) is 0 Å². The molecule has 0 fully saturated rings. The summed E-state index contributed by atoms with van der Waals surface area (Å²) in [7, 11) is 0. The number of nitrogens with zero attached hydrogens (tertiary/aromatic N) is 1. The monoisotopic (exact) mass is 405 g/mol. The van der Waals surface area contributed by atoms with Crippen LogP contribution in [-0.2, 0) is 4.79 Å². The molecular weight excluding hydrogens is 386 g/mol. The number of aromatic carboxylic acids is 1. The molecular formula is C22H19N3O5. The molecule has 2 aromatic carbocycles. The van der Waals surface area contributed by atoms with Gasteiger partial charge in [0.1, 0.15) is 11.5 Å². The highest BCUT2D eigenvalue weighted by molar-refractivity contribution is 5.98. The Morgan fingerprint density at radius 1 is 1.00 bits per heavy atom. The molecule has 30 heavy (non-hydrogen) atoms. The van der Waals surface area contributed by atoms with Crippen LogP contribution in [0.2, 0.25) is 0 Å². The Kier molecular flexibility index (Phi) is 6.39. The van der Waals surface area contributed by atoms with Gasteiger partial charge in [-0.05, 0) is 36.8 Å². The third-order valence-electron chi connectivity index (χ3n) is 4.23. The smallest absolute Gasteiger partial charge is 0.336 e. The van der Waals surface area contributed by atoms with Gasteiger partial charge in [0.25, 0.3) is 11.8 Å². The van der Waals surface area contributed by atoms with Crippen molar-refractivity contribution in [2.45, 2.75) is 6.92 Å². The van der Waals surface area contributed by atoms with Crippen LogP contribution in [0.3, 0.4) is 0 Å². The molecule has 3 rings (SSSR count). The Morgan fingerprint density at radius 3 is 2.43 bits per heavy atom. The molecule has 0 unspecified atom stereocenters. The predicted molar refractivity (Wildman–Crippen MR) is 110 cm³/mol. The van der Waals surface area contributed by atoms with Crippen molar-refractivity contribution in [1.82, 2.24) is 10.7 Å². The number of carboxylic acid groups (broad SMARTS) is 1. The average molecular weight is 405 g/mol. The lowest BCUT2D eigenvalue weighted by atomic mass is 10.1. The molecule has 152 valence electrons. The molecule has 3 N–H and O–H groups in total. The highest BCUT2D eigenvalue weighted by Gasteiger charge is 2.14. The van der Waals surface area contributed by atoms with Gasteiger partial charge >= 0.3 is 5.97 Å². The summed E-state index contributed by atoms with van der Waals surface area (Å²) in [5.41, 5.74) is 4.16. The van der Waals surface area contributed by atoms with Crippen LogP contribution in [0.5, 0.6) is 0 Å². The Balaban J connectivity index is 1.55. The van der Waals surface area contributed by atoms with Crippen molar-refractivity contribution in [3.63, 3.8) is 0 Å². The van der Waals surface area contributed by atoms with Crippen LogP contribution < -0.4 is 10.7 Å². The maximum Gasteiger partial charge on any atom is 0.336 e. The Hall–Kier alpha value is -4.20. The largest absolute Gasteiger partial charge is 0.478 e. The quantitative estimate of drug-likeness (QED) is 0.412. The van der Waals surface area contributed by atoms with E-state index in [1.165, 1.54) is 12.3 Å². The molecule has 0 atom stereocenters. The van der Waals surface area contributed by atoms with E-state index in [0.717, 1.165) is 5.56 Å². The van der Waals surface area contributed by atoms with Gasteiger partial charge < -0.3 is 14.8 Å². The minimum Gasteiger partial charge on any atom is -0.478 e. The van der Waals surface area contributed by atoms with Gasteiger partial charge in [-0.1, -0.05) is 36.4 Å². The molecule has 0 saturated carbocycles. The third kappa shape index (κ3) is 4.99. The molecule has 0 aliphatic rings. The predicted octanol–water partition coefficient (Wildman–Crippen LogP) is 2.83. The number of carboxylic acids is 1. The molecule has 0 spiro atoms. The Bertz CT molecular complexity index is 1120. The minimum atomic E-state index is -1.06. The highest BCUT2D eigenvalue weighted by atomic mass is 16.4. The topological polar surface area (TPSA) is 121 Å². The van der Waals surface area contributed by atoms with Crippen molar-refractivity contribution < 1.29 is 23.9 Å². The number of aryl methyl sites for hydroxylation is 1.